The van der Waals surface area contributed by atoms with Crippen molar-refractivity contribution in [3.05, 3.63) is 30.3 Å². The first-order valence-electron chi connectivity index (χ1n) is 8.44. The normalized spacial score (nSPS) is 33.3. The van der Waals surface area contributed by atoms with Crippen LogP contribution in [0.2, 0.25) is 0 Å². The number of rotatable bonds is 6. The third-order valence-electron chi connectivity index (χ3n) is 5.95. The van der Waals surface area contributed by atoms with E-state index in [0.717, 1.165) is 31.2 Å². The molecule has 1 aromatic carbocycles. The zero-order valence-electron chi connectivity index (χ0n) is 13.7. The third kappa shape index (κ3) is 2.83. The number of benzene rings is 1. The van der Waals surface area contributed by atoms with Crippen LogP contribution in [0.5, 0.6) is 5.75 Å². The van der Waals surface area contributed by atoms with Crippen molar-refractivity contribution in [3.8, 4) is 5.75 Å². The van der Waals surface area contributed by atoms with Gasteiger partial charge in [0.1, 0.15) is 5.75 Å². The molecule has 3 rings (SSSR count). The summed E-state index contributed by atoms with van der Waals surface area (Å²) in [6.45, 7) is 9.26. The number of ether oxygens (including phenoxy) is 1. The highest BCUT2D eigenvalue weighted by molar-refractivity contribution is 5.20. The summed E-state index contributed by atoms with van der Waals surface area (Å²) in [4.78, 5) is 0. The van der Waals surface area contributed by atoms with E-state index in [2.05, 4.69) is 26.1 Å². The Morgan fingerprint density at radius 3 is 2.62 bits per heavy atom. The smallest absolute Gasteiger partial charge is 0.119 e. The first-order valence-corrected chi connectivity index (χ1v) is 8.44. The largest absolute Gasteiger partial charge is 0.494 e. The van der Waals surface area contributed by atoms with Gasteiger partial charge in [-0.15, -0.1) is 0 Å². The molecule has 0 spiro atoms. The highest BCUT2D eigenvalue weighted by Crippen LogP contribution is 2.62. The van der Waals surface area contributed by atoms with Crippen LogP contribution in [0.1, 0.15) is 46.5 Å². The van der Waals surface area contributed by atoms with E-state index in [1.807, 2.05) is 30.3 Å². The second-order valence-corrected chi connectivity index (χ2v) is 7.82. The summed E-state index contributed by atoms with van der Waals surface area (Å²) in [6, 6.07) is 10.8. The molecule has 2 fully saturated rings. The summed E-state index contributed by atoms with van der Waals surface area (Å²) in [5.74, 6) is 1.89. The van der Waals surface area contributed by atoms with E-state index < -0.39 is 0 Å². The number of nitrogens with one attached hydrogen (secondary N) is 1. The average molecular weight is 287 g/mol. The molecule has 2 bridgehead atoms. The van der Waals surface area contributed by atoms with Crippen LogP contribution in [-0.4, -0.2) is 19.2 Å². The fourth-order valence-corrected chi connectivity index (χ4v) is 4.84. The molecule has 2 nitrogen and oxygen atoms in total. The minimum atomic E-state index is 0.452. The lowest BCUT2D eigenvalue weighted by molar-refractivity contribution is 0.108. The molecule has 3 atom stereocenters. The molecule has 3 unspecified atom stereocenters. The standard InChI is InChI=1S/C19H29NO/c1-18(2)15-10-11-19(3,14-15)17(18)20-12-7-13-21-16-8-5-4-6-9-16/h4-6,8-9,15,17,20H,7,10-14H2,1-3H3. The summed E-state index contributed by atoms with van der Waals surface area (Å²) in [7, 11) is 0. The lowest BCUT2D eigenvalue weighted by Crippen LogP contribution is -2.50. The van der Waals surface area contributed by atoms with E-state index in [0.29, 0.717) is 16.9 Å². The maximum atomic E-state index is 5.77. The SMILES string of the molecule is CC12CCC(C1)C(C)(C)C2NCCCOc1ccccc1. The summed E-state index contributed by atoms with van der Waals surface area (Å²) in [5, 5.41) is 3.85. The van der Waals surface area contributed by atoms with E-state index in [1.165, 1.54) is 19.3 Å². The van der Waals surface area contributed by atoms with Crippen molar-refractivity contribution in [2.75, 3.05) is 13.2 Å². The molecule has 2 saturated carbocycles. The molecule has 1 aromatic rings. The molecular formula is C19H29NO. The maximum Gasteiger partial charge on any atom is 0.119 e. The van der Waals surface area contributed by atoms with Crippen molar-refractivity contribution in [1.82, 2.24) is 5.32 Å². The minimum absolute atomic E-state index is 0.452. The van der Waals surface area contributed by atoms with Crippen LogP contribution in [0, 0.1) is 16.7 Å². The first kappa shape index (κ1) is 14.9. The van der Waals surface area contributed by atoms with Gasteiger partial charge in [0.25, 0.3) is 0 Å². The van der Waals surface area contributed by atoms with E-state index in [9.17, 15) is 0 Å². The minimum Gasteiger partial charge on any atom is -0.494 e. The Labute approximate surface area is 129 Å². The Balaban J connectivity index is 1.43. The highest BCUT2D eigenvalue weighted by atomic mass is 16.5. The highest BCUT2D eigenvalue weighted by Gasteiger charge is 2.58. The van der Waals surface area contributed by atoms with Crippen molar-refractivity contribution >= 4 is 0 Å². The number of fused-ring (bicyclic) bond motifs is 2. The molecule has 0 aromatic heterocycles. The van der Waals surface area contributed by atoms with Crippen LogP contribution in [0.15, 0.2) is 30.3 Å². The Morgan fingerprint density at radius 1 is 1.19 bits per heavy atom. The molecule has 1 N–H and O–H groups in total. The molecule has 0 amide bonds. The number of hydrogen-bond donors (Lipinski definition) is 1. The Bertz CT molecular complexity index is 465. The second-order valence-electron chi connectivity index (χ2n) is 7.82. The molecule has 2 aliphatic carbocycles. The zero-order chi connectivity index (χ0) is 14.9. The van der Waals surface area contributed by atoms with Gasteiger partial charge in [0.2, 0.25) is 0 Å². The van der Waals surface area contributed by atoms with Gasteiger partial charge in [0, 0.05) is 6.04 Å². The van der Waals surface area contributed by atoms with E-state index in [-0.39, 0.29) is 0 Å². The number of para-hydroxylation sites is 1. The second kappa shape index (κ2) is 5.64. The van der Waals surface area contributed by atoms with Crippen molar-refractivity contribution in [2.24, 2.45) is 16.7 Å². The van der Waals surface area contributed by atoms with Gasteiger partial charge >= 0.3 is 0 Å². The molecule has 0 aliphatic heterocycles. The van der Waals surface area contributed by atoms with Crippen LogP contribution in [-0.2, 0) is 0 Å². The fourth-order valence-electron chi connectivity index (χ4n) is 4.84. The van der Waals surface area contributed by atoms with E-state index in [1.54, 1.807) is 0 Å². The van der Waals surface area contributed by atoms with Gasteiger partial charge < -0.3 is 10.1 Å². The summed E-state index contributed by atoms with van der Waals surface area (Å²) < 4.78 is 5.77. The molecule has 0 heterocycles. The molecule has 0 radical (unpaired) electrons. The van der Waals surface area contributed by atoms with E-state index in [4.69, 9.17) is 4.74 Å². The topological polar surface area (TPSA) is 21.3 Å². The fraction of sp³-hybridized carbons (Fsp3) is 0.684. The predicted molar refractivity (Wildman–Crippen MR) is 87.6 cm³/mol. The van der Waals surface area contributed by atoms with Crippen LogP contribution < -0.4 is 10.1 Å². The summed E-state index contributed by atoms with van der Waals surface area (Å²) in [6.07, 6.45) is 5.32. The van der Waals surface area contributed by atoms with Crippen molar-refractivity contribution in [1.29, 1.82) is 0 Å². The van der Waals surface area contributed by atoms with Gasteiger partial charge in [0.15, 0.2) is 0 Å². The lowest BCUT2D eigenvalue weighted by Gasteiger charge is -2.43. The molecule has 2 heteroatoms. The molecule has 2 aliphatic rings. The first-order chi connectivity index (χ1) is 10.0. The maximum absolute atomic E-state index is 5.77. The van der Waals surface area contributed by atoms with Crippen molar-refractivity contribution in [3.63, 3.8) is 0 Å². The quantitative estimate of drug-likeness (QED) is 0.789. The molecule has 0 saturated heterocycles. The third-order valence-corrected chi connectivity index (χ3v) is 5.95. The van der Waals surface area contributed by atoms with Crippen molar-refractivity contribution < 1.29 is 4.74 Å². The lowest BCUT2D eigenvalue weighted by atomic mass is 9.68. The van der Waals surface area contributed by atoms with Gasteiger partial charge in [-0.3, -0.25) is 0 Å². The van der Waals surface area contributed by atoms with Gasteiger partial charge in [0.05, 0.1) is 6.61 Å². The Kier molecular flexibility index (Phi) is 4.00. The van der Waals surface area contributed by atoms with E-state index >= 15 is 0 Å². The summed E-state index contributed by atoms with van der Waals surface area (Å²) in [5.41, 5.74) is 0.974. The van der Waals surface area contributed by atoms with Gasteiger partial charge in [-0.25, -0.2) is 0 Å². The van der Waals surface area contributed by atoms with Crippen LogP contribution in [0.25, 0.3) is 0 Å². The Hall–Kier alpha value is -1.02. The Morgan fingerprint density at radius 2 is 1.95 bits per heavy atom. The zero-order valence-corrected chi connectivity index (χ0v) is 13.7. The predicted octanol–water partition coefficient (Wildman–Crippen LogP) is 4.26. The summed E-state index contributed by atoms with van der Waals surface area (Å²) >= 11 is 0. The van der Waals surface area contributed by atoms with Gasteiger partial charge in [-0.2, -0.15) is 0 Å². The van der Waals surface area contributed by atoms with Crippen LogP contribution in [0.3, 0.4) is 0 Å². The van der Waals surface area contributed by atoms with Crippen molar-refractivity contribution in [2.45, 2.75) is 52.5 Å². The average Bonchev–Trinajstić information content (AvgIpc) is 2.94. The van der Waals surface area contributed by atoms with Crippen LogP contribution in [0.4, 0.5) is 0 Å². The molecular weight excluding hydrogens is 258 g/mol. The van der Waals surface area contributed by atoms with Gasteiger partial charge in [-0.05, 0) is 61.1 Å². The van der Waals surface area contributed by atoms with Crippen LogP contribution >= 0.6 is 0 Å². The van der Waals surface area contributed by atoms with Gasteiger partial charge in [-0.1, -0.05) is 39.0 Å². The molecule has 21 heavy (non-hydrogen) atoms. The number of hydrogen-bond acceptors (Lipinski definition) is 2. The monoisotopic (exact) mass is 287 g/mol. The molecule has 116 valence electrons.